The first kappa shape index (κ1) is 19.7. The number of rotatable bonds is 7. The molecule has 2 aromatic carbocycles. The van der Waals surface area contributed by atoms with E-state index >= 15 is 0 Å². The van der Waals surface area contributed by atoms with Crippen molar-refractivity contribution in [1.29, 1.82) is 0 Å². The quantitative estimate of drug-likeness (QED) is 0.477. The lowest BCUT2D eigenvalue weighted by molar-refractivity contribution is 0.281. The van der Waals surface area contributed by atoms with Crippen LogP contribution in [0.25, 0.3) is 0 Å². The van der Waals surface area contributed by atoms with Gasteiger partial charge < -0.3 is 14.9 Å². The summed E-state index contributed by atoms with van der Waals surface area (Å²) in [7, 11) is 1.61. The van der Waals surface area contributed by atoms with Crippen molar-refractivity contribution in [1.82, 2.24) is 14.9 Å². The molecule has 0 aliphatic rings. The second kappa shape index (κ2) is 8.77. The number of benzene rings is 2. The van der Waals surface area contributed by atoms with Gasteiger partial charge in [-0.3, -0.25) is 5.10 Å². The van der Waals surface area contributed by atoms with Crippen LogP contribution in [0, 0.1) is 11.7 Å². The molecule has 0 unspecified atom stereocenters. The number of nitrogens with one attached hydrogen (secondary N) is 2. The second-order valence-electron chi connectivity index (χ2n) is 5.68. The van der Waals surface area contributed by atoms with Crippen LogP contribution in [0.5, 0.6) is 11.5 Å². The average molecular weight is 470 g/mol. The standard InChI is InChI=1S/C18H18BrClN4O2S/c1-11-22-23-18(27)24(11)21-9-13-14(19)7-8-16(25-2)17(13)26-10-12-5-3-4-6-15(12)20/h3-8,21H,9-10H2,1-2H3,(H,23,27). The van der Waals surface area contributed by atoms with Crippen molar-refractivity contribution in [3.05, 3.63) is 67.6 Å². The van der Waals surface area contributed by atoms with Gasteiger partial charge in [0.25, 0.3) is 0 Å². The summed E-state index contributed by atoms with van der Waals surface area (Å²) in [5.74, 6) is 2.00. The van der Waals surface area contributed by atoms with Gasteiger partial charge in [0.2, 0.25) is 4.77 Å². The van der Waals surface area contributed by atoms with E-state index in [4.69, 9.17) is 33.3 Å². The molecular weight excluding hydrogens is 452 g/mol. The van der Waals surface area contributed by atoms with E-state index in [0.29, 0.717) is 34.4 Å². The van der Waals surface area contributed by atoms with E-state index in [0.717, 1.165) is 21.4 Å². The molecule has 142 valence electrons. The van der Waals surface area contributed by atoms with Gasteiger partial charge in [0.05, 0.1) is 13.7 Å². The molecule has 1 aromatic heterocycles. The zero-order valence-electron chi connectivity index (χ0n) is 14.8. The maximum absolute atomic E-state index is 6.24. The van der Waals surface area contributed by atoms with E-state index in [9.17, 15) is 0 Å². The first-order valence-corrected chi connectivity index (χ1v) is 9.68. The Morgan fingerprint density at radius 3 is 2.74 bits per heavy atom. The molecular formula is C18H18BrClN4O2S. The van der Waals surface area contributed by atoms with Gasteiger partial charge in [-0.05, 0) is 37.3 Å². The minimum atomic E-state index is 0.323. The maximum atomic E-state index is 6.24. The Labute approximate surface area is 175 Å². The zero-order valence-corrected chi connectivity index (χ0v) is 17.9. The zero-order chi connectivity index (χ0) is 19.4. The van der Waals surface area contributed by atoms with E-state index < -0.39 is 0 Å². The highest BCUT2D eigenvalue weighted by atomic mass is 79.9. The third-order valence-corrected chi connectivity index (χ3v) is 5.36. The topological polar surface area (TPSA) is 64.1 Å². The summed E-state index contributed by atoms with van der Waals surface area (Å²) < 4.78 is 14.7. The highest BCUT2D eigenvalue weighted by molar-refractivity contribution is 9.10. The van der Waals surface area contributed by atoms with Crippen LogP contribution in [0.15, 0.2) is 40.9 Å². The van der Waals surface area contributed by atoms with E-state index in [1.807, 2.05) is 43.3 Å². The molecule has 0 aliphatic heterocycles. The van der Waals surface area contributed by atoms with Crippen LogP contribution in [0.3, 0.4) is 0 Å². The van der Waals surface area contributed by atoms with Gasteiger partial charge in [0, 0.05) is 20.6 Å². The normalized spacial score (nSPS) is 10.7. The number of methoxy groups -OCH3 is 1. The van der Waals surface area contributed by atoms with Crippen molar-refractivity contribution in [3.63, 3.8) is 0 Å². The Morgan fingerprint density at radius 1 is 1.30 bits per heavy atom. The molecule has 0 amide bonds. The molecule has 27 heavy (non-hydrogen) atoms. The Morgan fingerprint density at radius 2 is 2.07 bits per heavy atom. The van der Waals surface area contributed by atoms with Crippen molar-refractivity contribution >= 4 is 39.7 Å². The van der Waals surface area contributed by atoms with Gasteiger partial charge in [0.1, 0.15) is 12.4 Å². The number of hydrogen-bond acceptors (Lipinski definition) is 5. The highest BCUT2D eigenvalue weighted by Crippen LogP contribution is 2.37. The van der Waals surface area contributed by atoms with Crippen LogP contribution in [0.4, 0.5) is 0 Å². The van der Waals surface area contributed by atoms with Crippen LogP contribution in [0.1, 0.15) is 17.0 Å². The van der Waals surface area contributed by atoms with E-state index in [2.05, 4.69) is 31.6 Å². The first-order valence-electron chi connectivity index (χ1n) is 8.10. The second-order valence-corrected chi connectivity index (χ2v) is 7.33. The Bertz CT molecular complexity index is 1010. The summed E-state index contributed by atoms with van der Waals surface area (Å²) >= 11 is 15.1. The predicted octanol–water partition coefficient (Wildman–Crippen LogP) is 5.00. The number of nitrogens with zero attached hydrogens (tertiary/aromatic N) is 2. The Hall–Kier alpha value is -2.03. The molecule has 2 N–H and O–H groups in total. The van der Waals surface area contributed by atoms with Gasteiger partial charge in [-0.15, -0.1) is 0 Å². The van der Waals surface area contributed by atoms with Crippen LogP contribution < -0.4 is 14.9 Å². The minimum absolute atomic E-state index is 0.323. The van der Waals surface area contributed by atoms with Gasteiger partial charge >= 0.3 is 0 Å². The molecule has 0 radical (unpaired) electrons. The van der Waals surface area contributed by atoms with E-state index in [1.54, 1.807) is 11.8 Å². The van der Waals surface area contributed by atoms with Crippen LogP contribution in [0.2, 0.25) is 5.02 Å². The predicted molar refractivity (Wildman–Crippen MR) is 112 cm³/mol. The Balaban J connectivity index is 1.88. The summed E-state index contributed by atoms with van der Waals surface area (Å²) in [6.07, 6.45) is 0. The molecule has 6 nitrogen and oxygen atoms in total. The molecule has 3 rings (SSSR count). The summed E-state index contributed by atoms with van der Waals surface area (Å²) in [5.41, 5.74) is 5.04. The molecule has 0 saturated carbocycles. The molecule has 1 heterocycles. The number of H-pyrrole nitrogens is 1. The lowest BCUT2D eigenvalue weighted by Gasteiger charge is -2.18. The van der Waals surface area contributed by atoms with Gasteiger partial charge in [-0.25, -0.2) is 4.68 Å². The van der Waals surface area contributed by atoms with Crippen LogP contribution >= 0.6 is 39.7 Å². The maximum Gasteiger partial charge on any atom is 0.214 e. The lowest BCUT2D eigenvalue weighted by atomic mass is 10.1. The molecule has 0 saturated heterocycles. The third kappa shape index (κ3) is 4.45. The largest absolute Gasteiger partial charge is 0.493 e. The number of hydrogen-bond donors (Lipinski definition) is 2. The fourth-order valence-electron chi connectivity index (χ4n) is 2.55. The van der Waals surface area contributed by atoms with Crippen molar-refractivity contribution in [2.45, 2.75) is 20.1 Å². The van der Waals surface area contributed by atoms with Gasteiger partial charge in [0.15, 0.2) is 11.5 Å². The SMILES string of the molecule is COc1ccc(Br)c(CNn2c(C)n[nH]c2=S)c1OCc1ccccc1Cl. The number of ether oxygens (including phenoxy) is 2. The molecule has 0 atom stereocenters. The van der Waals surface area contributed by atoms with E-state index in [-0.39, 0.29) is 0 Å². The van der Waals surface area contributed by atoms with Crippen molar-refractivity contribution in [3.8, 4) is 11.5 Å². The first-order chi connectivity index (χ1) is 13.0. The molecule has 0 aliphatic carbocycles. The fourth-order valence-corrected chi connectivity index (χ4v) is 3.44. The average Bonchev–Trinajstić information content (AvgIpc) is 2.98. The summed E-state index contributed by atoms with van der Waals surface area (Å²) in [5, 5.41) is 7.50. The smallest absolute Gasteiger partial charge is 0.214 e. The summed E-state index contributed by atoms with van der Waals surface area (Å²) in [6, 6.07) is 11.3. The fraction of sp³-hybridized carbons (Fsp3) is 0.222. The van der Waals surface area contributed by atoms with Gasteiger partial charge in [-0.1, -0.05) is 45.7 Å². The summed E-state index contributed by atoms with van der Waals surface area (Å²) in [6.45, 7) is 2.63. The summed E-state index contributed by atoms with van der Waals surface area (Å²) in [4.78, 5) is 0. The van der Waals surface area contributed by atoms with Crippen molar-refractivity contribution in [2.75, 3.05) is 12.5 Å². The molecule has 0 bridgehead atoms. The van der Waals surface area contributed by atoms with Gasteiger partial charge in [-0.2, -0.15) is 5.10 Å². The molecule has 0 spiro atoms. The minimum Gasteiger partial charge on any atom is -0.493 e. The number of aryl methyl sites for hydroxylation is 1. The molecule has 0 fully saturated rings. The monoisotopic (exact) mass is 468 g/mol. The van der Waals surface area contributed by atoms with Crippen molar-refractivity contribution in [2.24, 2.45) is 0 Å². The number of halogens is 2. The van der Waals surface area contributed by atoms with Crippen molar-refractivity contribution < 1.29 is 9.47 Å². The highest BCUT2D eigenvalue weighted by Gasteiger charge is 2.16. The third-order valence-electron chi connectivity index (χ3n) is 3.97. The lowest BCUT2D eigenvalue weighted by Crippen LogP contribution is -2.17. The van der Waals surface area contributed by atoms with Crippen LogP contribution in [-0.2, 0) is 13.2 Å². The Kier molecular flexibility index (Phi) is 6.41. The number of aromatic amines is 1. The number of aromatic nitrogens is 3. The molecule has 3 aromatic rings. The van der Waals surface area contributed by atoms with E-state index in [1.165, 1.54) is 0 Å². The van der Waals surface area contributed by atoms with Crippen LogP contribution in [-0.4, -0.2) is 22.0 Å². The molecule has 9 heteroatoms.